The van der Waals surface area contributed by atoms with Crippen LogP contribution in [0.15, 0.2) is 60.7 Å². The third-order valence-corrected chi connectivity index (χ3v) is 18.4. The summed E-state index contributed by atoms with van der Waals surface area (Å²) in [6, 6.07) is 19.9. The van der Waals surface area contributed by atoms with Crippen molar-refractivity contribution in [2.75, 3.05) is 13.2 Å². The Bertz CT molecular complexity index is 1470. The summed E-state index contributed by atoms with van der Waals surface area (Å²) in [6.07, 6.45) is 55.6. The SMILES string of the molecule is CCCCCCC[C@H]1CC[C@H](C(=CCOCC=C(c2ccc(CC[C@H]3CC[C@H](CCC)CC3)cc2)[C@H]2CC[C@H](CCCCCCC)CC2)c2ccc(CC[C@H]3CC[C@H](CCC)CC3)cc2)CC1. The van der Waals surface area contributed by atoms with Gasteiger partial charge in [0.25, 0.3) is 0 Å². The summed E-state index contributed by atoms with van der Waals surface area (Å²) in [5.74, 6) is 7.07. The van der Waals surface area contributed by atoms with E-state index in [0.717, 1.165) is 35.5 Å². The summed E-state index contributed by atoms with van der Waals surface area (Å²) in [5.41, 5.74) is 9.14. The van der Waals surface area contributed by atoms with Gasteiger partial charge in [0.2, 0.25) is 0 Å². The molecule has 0 unspecified atom stereocenters. The van der Waals surface area contributed by atoms with Gasteiger partial charge in [-0.2, -0.15) is 0 Å². The van der Waals surface area contributed by atoms with Crippen molar-refractivity contribution in [2.45, 2.75) is 259 Å². The van der Waals surface area contributed by atoms with Crippen LogP contribution in [0.25, 0.3) is 11.1 Å². The van der Waals surface area contributed by atoms with Gasteiger partial charge >= 0.3 is 0 Å². The number of aryl methyl sites for hydroxylation is 2. The van der Waals surface area contributed by atoms with Crippen molar-refractivity contribution in [3.05, 3.63) is 82.9 Å². The second-order valence-corrected chi connectivity index (χ2v) is 23.5. The van der Waals surface area contributed by atoms with Crippen molar-refractivity contribution in [3.63, 3.8) is 0 Å². The molecule has 0 amide bonds. The van der Waals surface area contributed by atoms with E-state index in [4.69, 9.17) is 4.74 Å². The van der Waals surface area contributed by atoms with Gasteiger partial charge in [-0.15, -0.1) is 0 Å². The van der Waals surface area contributed by atoms with Crippen molar-refractivity contribution < 1.29 is 4.74 Å². The van der Waals surface area contributed by atoms with E-state index in [0.29, 0.717) is 25.0 Å². The highest BCUT2D eigenvalue weighted by Gasteiger charge is 2.27. The monoisotopic (exact) mass is 915 g/mol. The first-order valence-corrected chi connectivity index (χ1v) is 30.2. The van der Waals surface area contributed by atoms with Gasteiger partial charge in [-0.1, -0.05) is 242 Å². The molecule has 2 aromatic rings. The normalized spacial score (nSPS) is 26.5. The Kier molecular flexibility index (Phi) is 25.9. The minimum absolute atomic E-state index is 0.659. The maximum Gasteiger partial charge on any atom is 0.0657 e. The highest BCUT2D eigenvalue weighted by Crippen LogP contribution is 2.42. The van der Waals surface area contributed by atoms with Crippen LogP contribution in [0.1, 0.15) is 268 Å². The predicted octanol–water partition coefficient (Wildman–Crippen LogP) is 20.6. The molecule has 376 valence electrons. The fourth-order valence-electron chi connectivity index (χ4n) is 13.9. The topological polar surface area (TPSA) is 9.23 Å². The standard InChI is InChI=1S/C66H106O/c1-5-9-11-13-15-19-55-33-41-61(42-34-55)65(63-45-37-59(38-46-63)31-29-57-25-21-53(17-7-3)22-26-57)49-51-67-52-50-66(62-43-35-56(36-44-62)20-16-14-12-10-6-2)64-47-39-60(40-48-64)32-30-58-27-23-54(18-8-4)24-28-58/h37-40,45-50,53-58,61-62H,5-36,41-44,51-52H2,1-4H3/t53-,54-,55-,56-,57-,58-,61-,62-. The van der Waals surface area contributed by atoms with Crippen LogP contribution in [-0.2, 0) is 17.6 Å². The molecule has 67 heavy (non-hydrogen) atoms. The molecule has 4 saturated carbocycles. The summed E-state index contributed by atoms with van der Waals surface area (Å²) in [4.78, 5) is 0. The number of benzene rings is 2. The van der Waals surface area contributed by atoms with Crippen LogP contribution in [0.3, 0.4) is 0 Å². The maximum atomic E-state index is 6.68. The van der Waals surface area contributed by atoms with Crippen LogP contribution in [-0.4, -0.2) is 13.2 Å². The molecular formula is C66H106O. The van der Waals surface area contributed by atoms with E-state index in [2.05, 4.69) is 88.4 Å². The predicted molar refractivity (Wildman–Crippen MR) is 295 cm³/mol. The average molecular weight is 916 g/mol. The Morgan fingerprint density at radius 1 is 0.358 bits per heavy atom. The molecule has 0 radical (unpaired) electrons. The Labute approximate surface area is 416 Å². The molecule has 1 heteroatoms. The fraction of sp³-hybridized carbons (Fsp3) is 0.758. The first-order chi connectivity index (χ1) is 33.0. The Balaban J connectivity index is 1.08. The van der Waals surface area contributed by atoms with E-state index >= 15 is 0 Å². The maximum absolute atomic E-state index is 6.68. The summed E-state index contributed by atoms with van der Waals surface area (Å²) in [6.45, 7) is 10.8. The number of hydrogen-bond acceptors (Lipinski definition) is 1. The second-order valence-electron chi connectivity index (χ2n) is 23.5. The summed E-state index contributed by atoms with van der Waals surface area (Å²) in [5, 5.41) is 0. The van der Waals surface area contributed by atoms with Crippen LogP contribution in [0.4, 0.5) is 0 Å². The molecule has 4 fully saturated rings. The zero-order chi connectivity index (χ0) is 46.7. The summed E-state index contributed by atoms with van der Waals surface area (Å²) in [7, 11) is 0. The Hall–Kier alpha value is -2.12. The lowest BCUT2D eigenvalue weighted by atomic mass is 9.75. The van der Waals surface area contributed by atoms with Gasteiger partial charge in [-0.05, 0) is 158 Å². The molecule has 4 aliphatic rings. The van der Waals surface area contributed by atoms with Crippen LogP contribution in [0.5, 0.6) is 0 Å². The lowest BCUT2D eigenvalue weighted by Gasteiger charge is -2.31. The van der Waals surface area contributed by atoms with E-state index in [1.54, 1.807) is 22.3 Å². The van der Waals surface area contributed by atoms with E-state index in [1.807, 2.05) is 0 Å². The van der Waals surface area contributed by atoms with Crippen molar-refractivity contribution >= 4 is 11.1 Å². The van der Waals surface area contributed by atoms with Gasteiger partial charge in [-0.25, -0.2) is 0 Å². The van der Waals surface area contributed by atoms with Gasteiger partial charge < -0.3 is 4.74 Å². The van der Waals surface area contributed by atoms with Gasteiger partial charge in [0.05, 0.1) is 13.2 Å². The molecular weight excluding hydrogens is 809 g/mol. The fourth-order valence-corrected chi connectivity index (χ4v) is 13.9. The molecule has 0 aromatic heterocycles. The van der Waals surface area contributed by atoms with Gasteiger partial charge in [-0.3, -0.25) is 0 Å². The van der Waals surface area contributed by atoms with E-state index in [9.17, 15) is 0 Å². The smallest absolute Gasteiger partial charge is 0.0657 e. The van der Waals surface area contributed by atoms with Crippen LogP contribution in [0.2, 0.25) is 0 Å². The van der Waals surface area contributed by atoms with E-state index < -0.39 is 0 Å². The lowest BCUT2D eigenvalue weighted by Crippen LogP contribution is -2.17. The molecule has 2 aromatic carbocycles. The van der Waals surface area contributed by atoms with E-state index in [-0.39, 0.29) is 0 Å². The largest absolute Gasteiger partial charge is 0.373 e. The molecule has 0 atom stereocenters. The molecule has 1 nitrogen and oxygen atoms in total. The molecule has 0 spiro atoms. The molecule has 0 bridgehead atoms. The second kappa shape index (κ2) is 32.0. The number of allylic oxidation sites excluding steroid dienone is 2. The highest BCUT2D eigenvalue weighted by atomic mass is 16.5. The first-order valence-electron chi connectivity index (χ1n) is 30.2. The van der Waals surface area contributed by atoms with Crippen molar-refractivity contribution in [3.8, 4) is 0 Å². The lowest BCUT2D eigenvalue weighted by molar-refractivity contribution is 0.193. The molecule has 0 aliphatic heterocycles. The van der Waals surface area contributed by atoms with Gasteiger partial charge in [0, 0.05) is 0 Å². The summed E-state index contributed by atoms with van der Waals surface area (Å²) < 4.78 is 6.68. The molecule has 0 N–H and O–H groups in total. The highest BCUT2D eigenvalue weighted by molar-refractivity contribution is 5.69. The third kappa shape index (κ3) is 19.5. The van der Waals surface area contributed by atoms with Crippen LogP contribution >= 0.6 is 0 Å². The van der Waals surface area contributed by atoms with Gasteiger partial charge in [0.15, 0.2) is 0 Å². The zero-order valence-electron chi connectivity index (χ0n) is 44.7. The molecule has 0 heterocycles. The van der Waals surface area contributed by atoms with Gasteiger partial charge in [0.1, 0.15) is 0 Å². The van der Waals surface area contributed by atoms with Crippen LogP contribution < -0.4 is 0 Å². The molecule has 0 saturated heterocycles. The summed E-state index contributed by atoms with van der Waals surface area (Å²) >= 11 is 0. The molecule has 6 rings (SSSR count). The zero-order valence-corrected chi connectivity index (χ0v) is 44.7. The molecule has 4 aliphatic carbocycles. The number of ether oxygens (including phenoxy) is 1. The number of hydrogen-bond donors (Lipinski definition) is 0. The number of rotatable bonds is 30. The van der Waals surface area contributed by atoms with Crippen molar-refractivity contribution in [2.24, 2.45) is 47.3 Å². The minimum atomic E-state index is 0.659. The average Bonchev–Trinajstić information content (AvgIpc) is 3.37. The van der Waals surface area contributed by atoms with Crippen molar-refractivity contribution in [1.82, 2.24) is 0 Å². The van der Waals surface area contributed by atoms with E-state index in [1.165, 1.54) is 242 Å². The number of unbranched alkanes of at least 4 members (excludes halogenated alkanes) is 8. The first kappa shape index (κ1) is 54.2. The quantitative estimate of drug-likeness (QED) is 0.0710. The third-order valence-electron chi connectivity index (χ3n) is 18.4. The minimum Gasteiger partial charge on any atom is -0.373 e. The Morgan fingerprint density at radius 3 is 1.01 bits per heavy atom. The van der Waals surface area contributed by atoms with Crippen molar-refractivity contribution in [1.29, 1.82) is 0 Å². The van der Waals surface area contributed by atoms with Crippen LogP contribution in [0, 0.1) is 47.3 Å². The Morgan fingerprint density at radius 2 is 0.672 bits per heavy atom.